The van der Waals surface area contributed by atoms with Gasteiger partial charge in [-0.25, -0.2) is 0 Å². The Morgan fingerprint density at radius 3 is 2.38 bits per heavy atom. The van der Waals surface area contributed by atoms with Crippen molar-refractivity contribution in [3.63, 3.8) is 0 Å². The van der Waals surface area contributed by atoms with Crippen LogP contribution < -0.4 is 0 Å². The lowest BCUT2D eigenvalue weighted by Gasteiger charge is -2.23. The smallest absolute Gasteiger partial charge is 0.0443 e. The molecule has 84 valence electrons. The van der Waals surface area contributed by atoms with Gasteiger partial charge in [0, 0.05) is 10.9 Å². The molecule has 2 aliphatic carbocycles. The van der Waals surface area contributed by atoms with Crippen LogP contribution in [-0.2, 0) is 0 Å². The van der Waals surface area contributed by atoms with Crippen LogP contribution in [0, 0.1) is 0 Å². The van der Waals surface area contributed by atoms with Crippen LogP contribution in [0.25, 0.3) is 0 Å². The predicted octanol–water partition coefficient (Wildman–Crippen LogP) is 5.04. The Balaban J connectivity index is 1.83. The van der Waals surface area contributed by atoms with Gasteiger partial charge in [0.25, 0.3) is 0 Å². The summed E-state index contributed by atoms with van der Waals surface area (Å²) >= 11 is 6.41. The molecular formula is C15H17Cl. The van der Waals surface area contributed by atoms with Crippen molar-refractivity contribution < 1.29 is 0 Å². The average molecular weight is 233 g/mol. The Morgan fingerprint density at radius 1 is 1.00 bits per heavy atom. The Kier molecular flexibility index (Phi) is 2.77. The molecule has 0 spiro atoms. The number of halogens is 1. The fraction of sp³-hybridized carbons (Fsp3) is 0.467. The average Bonchev–Trinajstić information content (AvgIpc) is 3.14. The molecule has 0 N–H and O–H groups in total. The van der Waals surface area contributed by atoms with Gasteiger partial charge in [0.2, 0.25) is 0 Å². The Hall–Kier alpha value is -0.750. The minimum Gasteiger partial charge on any atom is -0.0840 e. The first-order valence-electron chi connectivity index (χ1n) is 6.32. The molecule has 1 heteroatoms. The van der Waals surface area contributed by atoms with Gasteiger partial charge in [-0.05, 0) is 36.0 Å². The molecule has 0 amide bonds. The molecule has 1 aromatic carbocycles. The second-order valence-corrected chi connectivity index (χ2v) is 5.43. The summed E-state index contributed by atoms with van der Waals surface area (Å²) in [6, 6.07) is 6.67. The Bertz CT molecular complexity index is 407. The van der Waals surface area contributed by atoms with Crippen molar-refractivity contribution in [2.45, 2.75) is 43.9 Å². The predicted molar refractivity (Wildman–Crippen MR) is 69.2 cm³/mol. The fourth-order valence-electron chi connectivity index (χ4n) is 2.77. The second-order valence-electron chi connectivity index (χ2n) is 5.03. The van der Waals surface area contributed by atoms with Gasteiger partial charge in [-0.2, -0.15) is 0 Å². The van der Waals surface area contributed by atoms with E-state index in [-0.39, 0.29) is 0 Å². The fourth-order valence-corrected chi connectivity index (χ4v) is 3.12. The van der Waals surface area contributed by atoms with E-state index < -0.39 is 0 Å². The van der Waals surface area contributed by atoms with Crippen molar-refractivity contribution in [1.29, 1.82) is 0 Å². The van der Waals surface area contributed by atoms with Gasteiger partial charge in [-0.3, -0.25) is 0 Å². The molecule has 0 saturated heterocycles. The van der Waals surface area contributed by atoms with E-state index in [9.17, 15) is 0 Å². The molecule has 0 heterocycles. The van der Waals surface area contributed by atoms with Crippen LogP contribution in [-0.4, -0.2) is 0 Å². The molecular weight excluding hydrogens is 216 g/mol. The van der Waals surface area contributed by atoms with Gasteiger partial charge in [-0.1, -0.05) is 55.1 Å². The minimum atomic E-state index is 0.568. The van der Waals surface area contributed by atoms with E-state index in [1.165, 1.54) is 43.2 Å². The van der Waals surface area contributed by atoms with Crippen LogP contribution in [0.15, 0.2) is 30.4 Å². The zero-order chi connectivity index (χ0) is 11.0. The maximum atomic E-state index is 6.41. The number of benzene rings is 1. The number of rotatable bonds is 2. The maximum absolute atomic E-state index is 6.41. The van der Waals surface area contributed by atoms with E-state index in [4.69, 9.17) is 11.6 Å². The topological polar surface area (TPSA) is 0 Å². The number of allylic oxidation sites excluding steroid dienone is 2. The Morgan fingerprint density at radius 2 is 1.75 bits per heavy atom. The summed E-state index contributed by atoms with van der Waals surface area (Å²) in [4.78, 5) is 0. The lowest BCUT2D eigenvalue weighted by molar-refractivity contribution is 0.443. The molecule has 1 aromatic rings. The molecule has 0 atom stereocenters. The summed E-state index contributed by atoms with van der Waals surface area (Å²) in [7, 11) is 0. The number of hydrogen-bond acceptors (Lipinski definition) is 0. The van der Waals surface area contributed by atoms with Crippen LogP contribution in [0.2, 0.25) is 5.02 Å². The van der Waals surface area contributed by atoms with Gasteiger partial charge >= 0.3 is 0 Å². The standard InChI is InChI=1S/C15H17Cl/c16-15-10-13(11-6-7-11)8-9-14(15)12-4-2-1-3-5-12/h6-12H,1-5H2. The molecule has 0 unspecified atom stereocenters. The third kappa shape index (κ3) is 2.04. The van der Waals surface area contributed by atoms with Crippen LogP contribution >= 0.6 is 11.6 Å². The Labute approximate surface area is 102 Å². The summed E-state index contributed by atoms with van der Waals surface area (Å²) in [5.41, 5.74) is 2.73. The van der Waals surface area contributed by atoms with Crippen LogP contribution in [0.3, 0.4) is 0 Å². The van der Waals surface area contributed by atoms with Gasteiger partial charge in [0.15, 0.2) is 0 Å². The monoisotopic (exact) mass is 232 g/mol. The van der Waals surface area contributed by atoms with Crippen molar-refractivity contribution in [2.24, 2.45) is 0 Å². The zero-order valence-electron chi connectivity index (χ0n) is 9.45. The summed E-state index contributed by atoms with van der Waals surface area (Å²) in [5.74, 6) is 1.28. The second kappa shape index (κ2) is 4.25. The first-order valence-corrected chi connectivity index (χ1v) is 6.70. The molecule has 1 fully saturated rings. The van der Waals surface area contributed by atoms with Crippen molar-refractivity contribution in [3.8, 4) is 0 Å². The van der Waals surface area contributed by atoms with E-state index in [0.717, 1.165) is 5.02 Å². The van der Waals surface area contributed by atoms with Crippen LogP contribution in [0.1, 0.15) is 55.1 Å². The largest absolute Gasteiger partial charge is 0.0840 e. The van der Waals surface area contributed by atoms with E-state index in [1.807, 2.05) is 0 Å². The summed E-state index contributed by atoms with van der Waals surface area (Å²) in [6.45, 7) is 0. The van der Waals surface area contributed by atoms with E-state index in [0.29, 0.717) is 11.8 Å². The summed E-state index contributed by atoms with van der Waals surface area (Å²) in [6.07, 6.45) is 11.2. The molecule has 0 radical (unpaired) electrons. The van der Waals surface area contributed by atoms with E-state index in [1.54, 1.807) is 0 Å². The summed E-state index contributed by atoms with van der Waals surface area (Å²) < 4.78 is 0. The van der Waals surface area contributed by atoms with Crippen LogP contribution in [0.4, 0.5) is 0 Å². The summed E-state index contributed by atoms with van der Waals surface area (Å²) in [5, 5.41) is 0.984. The van der Waals surface area contributed by atoms with E-state index in [2.05, 4.69) is 30.4 Å². The highest BCUT2D eigenvalue weighted by Crippen LogP contribution is 2.39. The van der Waals surface area contributed by atoms with Crippen molar-refractivity contribution in [3.05, 3.63) is 46.5 Å². The van der Waals surface area contributed by atoms with Crippen molar-refractivity contribution >= 4 is 11.6 Å². The number of hydrogen-bond donors (Lipinski definition) is 0. The quantitative estimate of drug-likeness (QED) is 0.627. The van der Waals surface area contributed by atoms with Gasteiger partial charge in [0.1, 0.15) is 0 Å². The molecule has 16 heavy (non-hydrogen) atoms. The normalized spacial score (nSPS) is 21.3. The zero-order valence-corrected chi connectivity index (χ0v) is 10.2. The lowest BCUT2D eigenvalue weighted by atomic mass is 9.83. The van der Waals surface area contributed by atoms with Gasteiger partial charge in [-0.15, -0.1) is 0 Å². The van der Waals surface area contributed by atoms with Crippen molar-refractivity contribution in [1.82, 2.24) is 0 Å². The highest BCUT2D eigenvalue weighted by molar-refractivity contribution is 6.31. The van der Waals surface area contributed by atoms with Gasteiger partial charge < -0.3 is 0 Å². The molecule has 0 nitrogen and oxygen atoms in total. The molecule has 2 aliphatic rings. The van der Waals surface area contributed by atoms with Gasteiger partial charge in [0.05, 0.1) is 0 Å². The third-order valence-electron chi connectivity index (χ3n) is 3.84. The molecule has 0 aliphatic heterocycles. The highest BCUT2D eigenvalue weighted by atomic mass is 35.5. The maximum Gasteiger partial charge on any atom is 0.0443 e. The van der Waals surface area contributed by atoms with Crippen molar-refractivity contribution in [2.75, 3.05) is 0 Å². The van der Waals surface area contributed by atoms with Crippen LogP contribution in [0.5, 0.6) is 0 Å². The van der Waals surface area contributed by atoms with E-state index >= 15 is 0 Å². The first-order chi connectivity index (χ1) is 7.84. The molecule has 3 rings (SSSR count). The SMILES string of the molecule is Clc1cc(C2C=C2)ccc1C1CCCCC1. The molecule has 1 saturated carbocycles. The molecule has 0 aromatic heterocycles. The third-order valence-corrected chi connectivity index (χ3v) is 4.17. The highest BCUT2D eigenvalue weighted by Gasteiger charge is 2.20. The lowest BCUT2D eigenvalue weighted by Crippen LogP contribution is -2.05. The molecule has 0 bridgehead atoms. The first kappa shape index (κ1) is 10.4. The minimum absolute atomic E-state index is 0.568.